The van der Waals surface area contributed by atoms with Gasteiger partial charge < -0.3 is 0 Å². The summed E-state index contributed by atoms with van der Waals surface area (Å²) >= 11 is 2.97. The van der Waals surface area contributed by atoms with Crippen LogP contribution in [-0.2, 0) is 4.79 Å². The molecule has 0 amide bonds. The van der Waals surface area contributed by atoms with E-state index < -0.39 is 0 Å². The molecule has 0 radical (unpaired) electrons. The first kappa shape index (κ1) is 24.4. The second-order valence-electron chi connectivity index (χ2n) is 6.79. The first-order chi connectivity index (χ1) is 13.4. The van der Waals surface area contributed by atoms with Gasteiger partial charge in [0.1, 0.15) is 10.1 Å². The maximum Gasteiger partial charge on any atom is 0.195 e. The molecule has 0 unspecified atom stereocenters. The van der Waals surface area contributed by atoms with Crippen LogP contribution in [-0.4, -0.2) is 15.1 Å². The lowest BCUT2D eigenvalue weighted by molar-refractivity contribution is -0.111. The summed E-state index contributed by atoms with van der Waals surface area (Å²) < 4.78 is 0. The highest BCUT2D eigenvalue weighted by Gasteiger charge is 2.09. The normalized spacial score (nSPS) is 13.2. The first-order valence-corrected chi connectivity index (χ1v) is 11.5. The van der Waals surface area contributed by atoms with Crippen LogP contribution >= 0.6 is 23.5 Å². The molecule has 0 N–H and O–H groups in total. The Balaban J connectivity index is 0.000000280. The van der Waals surface area contributed by atoms with Crippen molar-refractivity contribution in [3.8, 4) is 0 Å². The number of hydrogen-bond acceptors (Lipinski definition) is 5. The lowest BCUT2D eigenvalue weighted by Gasteiger charge is -2.05. The summed E-state index contributed by atoms with van der Waals surface area (Å²) in [6, 6.07) is 11.6. The third-order valence-corrected chi connectivity index (χ3v) is 5.89. The first-order valence-electron chi connectivity index (χ1n) is 9.83. The molecule has 5 heteroatoms. The fraction of sp³-hybridized carbons (Fsp3) is 0.435. The highest BCUT2D eigenvalue weighted by Crippen LogP contribution is 2.25. The maximum absolute atomic E-state index is 11.5. The second kappa shape index (κ2) is 14.4. The van der Waals surface area contributed by atoms with Crippen molar-refractivity contribution in [2.24, 2.45) is 11.8 Å². The van der Waals surface area contributed by atoms with Gasteiger partial charge in [-0.2, -0.15) is 0 Å². The Morgan fingerprint density at radius 2 is 1.54 bits per heavy atom. The largest absolute Gasteiger partial charge is 0.287 e. The van der Waals surface area contributed by atoms with E-state index in [1.807, 2.05) is 42.6 Å². The molecule has 0 bridgehead atoms. The number of carbonyl (C=O) groups is 1. The summed E-state index contributed by atoms with van der Waals surface area (Å²) in [4.78, 5) is 21.2. The van der Waals surface area contributed by atoms with E-state index in [9.17, 15) is 4.79 Å². The number of hydrogen-bond donors (Lipinski definition) is 0. The highest BCUT2D eigenvalue weighted by atomic mass is 32.2. The minimum atomic E-state index is 0.207. The van der Waals surface area contributed by atoms with Crippen LogP contribution in [0, 0.1) is 11.8 Å². The van der Waals surface area contributed by atoms with Crippen molar-refractivity contribution in [2.75, 3.05) is 0 Å². The summed E-state index contributed by atoms with van der Waals surface area (Å²) in [6.07, 6.45) is 8.73. The van der Waals surface area contributed by atoms with Crippen molar-refractivity contribution in [2.45, 2.75) is 63.9 Å². The Bertz CT molecular complexity index is 705. The molecule has 0 saturated heterocycles. The predicted molar refractivity (Wildman–Crippen MR) is 122 cm³/mol. The molecule has 2 heterocycles. The van der Waals surface area contributed by atoms with Crippen LogP contribution in [0.15, 0.2) is 69.8 Å². The SMILES string of the molecule is CC[C@H](C)/C=C(\C)Sc1ccccn1.CC[C@H](C)CC(=O)Sc1ccccn1. The molecular weight excluding hydrogens is 384 g/mol. The quantitative estimate of drug-likeness (QED) is 0.424. The average molecular weight is 417 g/mol. The molecular formula is C23H32N2OS2. The van der Waals surface area contributed by atoms with Crippen molar-refractivity contribution < 1.29 is 4.79 Å². The number of nitrogens with zero attached hydrogens (tertiary/aromatic N) is 2. The van der Waals surface area contributed by atoms with Crippen LogP contribution in [0.5, 0.6) is 0 Å². The Morgan fingerprint density at radius 3 is 2.00 bits per heavy atom. The summed E-state index contributed by atoms with van der Waals surface area (Å²) in [7, 11) is 0. The van der Waals surface area contributed by atoms with Gasteiger partial charge in [-0.15, -0.1) is 0 Å². The van der Waals surface area contributed by atoms with Gasteiger partial charge in [-0.05, 0) is 59.7 Å². The molecule has 2 rings (SSSR count). The standard InChI is InChI=1S/C12H17NS.C11H15NOS/c1-4-10(2)9-11(3)14-12-7-5-6-8-13-12;1-3-9(2)8-11(13)14-10-6-4-5-7-12-10/h5-10H,4H2,1-3H3;4-7,9H,3,8H2,1-2H3/b11-9+;/t10-;9-/m00/s1. The lowest BCUT2D eigenvalue weighted by Crippen LogP contribution is -2.00. The smallest absolute Gasteiger partial charge is 0.195 e. The van der Waals surface area contributed by atoms with Crippen molar-refractivity contribution in [3.05, 3.63) is 59.8 Å². The molecule has 28 heavy (non-hydrogen) atoms. The Kier molecular flexibility index (Phi) is 12.6. The lowest BCUT2D eigenvalue weighted by atomic mass is 10.1. The van der Waals surface area contributed by atoms with Gasteiger partial charge in [0.15, 0.2) is 5.12 Å². The van der Waals surface area contributed by atoms with Crippen molar-refractivity contribution >= 4 is 28.6 Å². The molecule has 0 aliphatic heterocycles. The van der Waals surface area contributed by atoms with E-state index in [0.717, 1.165) is 16.5 Å². The summed E-state index contributed by atoms with van der Waals surface area (Å²) in [5.41, 5.74) is 0. The number of pyridine rings is 2. The van der Waals surface area contributed by atoms with E-state index in [4.69, 9.17) is 0 Å². The molecule has 0 spiro atoms. The van der Waals surface area contributed by atoms with E-state index in [1.54, 1.807) is 18.0 Å². The number of rotatable bonds is 8. The Morgan fingerprint density at radius 1 is 0.964 bits per heavy atom. The number of allylic oxidation sites excluding steroid dienone is 2. The third kappa shape index (κ3) is 11.3. The number of aromatic nitrogens is 2. The van der Waals surface area contributed by atoms with Crippen LogP contribution in [0.1, 0.15) is 53.9 Å². The number of thioether (sulfide) groups is 2. The van der Waals surface area contributed by atoms with E-state index in [2.05, 4.69) is 50.7 Å². The maximum atomic E-state index is 11.5. The van der Waals surface area contributed by atoms with E-state index in [-0.39, 0.29) is 5.12 Å². The minimum Gasteiger partial charge on any atom is -0.287 e. The molecule has 3 nitrogen and oxygen atoms in total. The molecule has 0 aromatic carbocycles. The molecule has 2 atom stereocenters. The van der Waals surface area contributed by atoms with E-state index >= 15 is 0 Å². The van der Waals surface area contributed by atoms with Gasteiger partial charge in [-0.25, -0.2) is 9.97 Å². The zero-order valence-corrected chi connectivity index (χ0v) is 19.2. The van der Waals surface area contributed by atoms with Crippen LogP contribution in [0.2, 0.25) is 0 Å². The van der Waals surface area contributed by atoms with E-state index in [0.29, 0.717) is 18.3 Å². The van der Waals surface area contributed by atoms with Crippen LogP contribution in [0.25, 0.3) is 0 Å². The van der Waals surface area contributed by atoms with Gasteiger partial charge in [-0.1, -0.05) is 70.5 Å². The van der Waals surface area contributed by atoms with Gasteiger partial charge in [0.05, 0.1) is 0 Å². The third-order valence-electron chi connectivity index (χ3n) is 4.13. The monoisotopic (exact) mass is 416 g/mol. The van der Waals surface area contributed by atoms with Gasteiger partial charge in [0.25, 0.3) is 0 Å². The van der Waals surface area contributed by atoms with E-state index in [1.165, 1.54) is 23.1 Å². The molecule has 0 aliphatic rings. The van der Waals surface area contributed by atoms with Crippen molar-refractivity contribution in [3.63, 3.8) is 0 Å². The minimum absolute atomic E-state index is 0.207. The molecule has 0 aliphatic carbocycles. The molecule has 152 valence electrons. The molecule has 2 aromatic heterocycles. The molecule has 2 aromatic rings. The zero-order chi connectivity index (χ0) is 20.8. The van der Waals surface area contributed by atoms with Crippen LogP contribution < -0.4 is 0 Å². The average Bonchev–Trinajstić information content (AvgIpc) is 2.69. The predicted octanol–water partition coefficient (Wildman–Crippen LogP) is 7.26. The van der Waals surface area contributed by atoms with Crippen molar-refractivity contribution in [1.82, 2.24) is 9.97 Å². The Labute approximate surface area is 178 Å². The van der Waals surface area contributed by atoms with Gasteiger partial charge in [0, 0.05) is 18.8 Å². The van der Waals surface area contributed by atoms with Gasteiger partial charge in [-0.3, -0.25) is 4.79 Å². The fourth-order valence-electron chi connectivity index (χ4n) is 2.12. The molecule has 0 fully saturated rings. The van der Waals surface area contributed by atoms with Crippen LogP contribution in [0.3, 0.4) is 0 Å². The molecule has 0 saturated carbocycles. The summed E-state index contributed by atoms with van der Waals surface area (Å²) in [5, 5.41) is 2.07. The number of carbonyl (C=O) groups excluding carboxylic acids is 1. The topological polar surface area (TPSA) is 42.9 Å². The second-order valence-corrected chi connectivity index (χ2v) is 9.14. The van der Waals surface area contributed by atoms with Gasteiger partial charge in [0.2, 0.25) is 0 Å². The van der Waals surface area contributed by atoms with Crippen LogP contribution in [0.4, 0.5) is 0 Å². The van der Waals surface area contributed by atoms with Crippen molar-refractivity contribution in [1.29, 1.82) is 0 Å². The Hall–Kier alpha value is -1.59. The summed E-state index contributed by atoms with van der Waals surface area (Å²) in [5.74, 6) is 1.13. The fourth-order valence-corrected chi connectivity index (χ4v) is 3.87. The highest BCUT2D eigenvalue weighted by molar-refractivity contribution is 8.13. The van der Waals surface area contributed by atoms with Gasteiger partial charge >= 0.3 is 0 Å². The zero-order valence-electron chi connectivity index (χ0n) is 17.6. The summed E-state index contributed by atoms with van der Waals surface area (Å²) in [6.45, 7) is 10.8.